The first-order valence-corrected chi connectivity index (χ1v) is 5.46. The minimum Gasteiger partial charge on any atom is -0.392 e. The average molecular weight is 231 g/mol. The van der Waals surface area contributed by atoms with E-state index in [1.165, 1.54) is 6.07 Å². The number of benzene rings is 2. The summed E-state index contributed by atoms with van der Waals surface area (Å²) in [4.78, 5) is 0. The van der Waals surface area contributed by atoms with Crippen LogP contribution in [0.3, 0.4) is 0 Å². The summed E-state index contributed by atoms with van der Waals surface area (Å²) in [6.07, 6.45) is 0. The molecule has 0 unspecified atom stereocenters. The van der Waals surface area contributed by atoms with Crippen LogP contribution in [0.5, 0.6) is 0 Å². The van der Waals surface area contributed by atoms with Crippen LogP contribution < -0.4 is 5.32 Å². The Balaban J connectivity index is 2.00. The van der Waals surface area contributed by atoms with E-state index in [1.807, 2.05) is 24.3 Å². The molecule has 2 N–H and O–H groups in total. The topological polar surface area (TPSA) is 32.3 Å². The second-order valence-corrected chi connectivity index (χ2v) is 3.81. The molecule has 0 aromatic heterocycles. The molecule has 88 valence electrons. The molecule has 0 aliphatic carbocycles. The zero-order valence-corrected chi connectivity index (χ0v) is 9.36. The smallest absolute Gasteiger partial charge is 0.146 e. The molecule has 2 nitrogen and oxygen atoms in total. The largest absolute Gasteiger partial charge is 0.392 e. The number of hydrogen-bond acceptors (Lipinski definition) is 2. The van der Waals surface area contributed by atoms with Gasteiger partial charge in [-0.1, -0.05) is 36.4 Å². The summed E-state index contributed by atoms with van der Waals surface area (Å²) in [6, 6.07) is 14.1. The molecule has 0 amide bonds. The highest BCUT2D eigenvalue weighted by Crippen LogP contribution is 2.14. The molecule has 0 radical (unpaired) electrons. The van der Waals surface area contributed by atoms with Gasteiger partial charge >= 0.3 is 0 Å². The van der Waals surface area contributed by atoms with Crippen LogP contribution in [0, 0.1) is 5.82 Å². The molecule has 0 bridgehead atoms. The van der Waals surface area contributed by atoms with Crippen molar-refractivity contribution in [3.05, 3.63) is 65.5 Å². The third-order valence-electron chi connectivity index (χ3n) is 2.56. The standard InChI is InChI=1S/C14H14FNO/c15-13-3-1-2-4-14(13)16-9-11-5-7-12(10-17)8-6-11/h1-8,16-17H,9-10H2. The van der Waals surface area contributed by atoms with E-state index in [9.17, 15) is 4.39 Å². The second kappa shape index (κ2) is 5.46. The number of para-hydroxylation sites is 1. The van der Waals surface area contributed by atoms with Gasteiger partial charge < -0.3 is 10.4 Å². The molecule has 2 aromatic rings. The molecule has 2 rings (SSSR count). The Labute approximate surface area is 99.7 Å². The number of halogens is 1. The maximum absolute atomic E-state index is 13.3. The van der Waals surface area contributed by atoms with Crippen LogP contribution in [0.4, 0.5) is 10.1 Å². The van der Waals surface area contributed by atoms with E-state index in [-0.39, 0.29) is 12.4 Å². The predicted octanol–water partition coefficient (Wildman–Crippen LogP) is 2.93. The zero-order valence-electron chi connectivity index (χ0n) is 9.36. The molecule has 0 saturated heterocycles. The van der Waals surface area contributed by atoms with Gasteiger partial charge in [-0.2, -0.15) is 0 Å². The molecular weight excluding hydrogens is 217 g/mol. The third-order valence-corrected chi connectivity index (χ3v) is 2.56. The van der Waals surface area contributed by atoms with E-state index in [2.05, 4.69) is 5.32 Å². The Morgan fingerprint density at radius 1 is 0.941 bits per heavy atom. The van der Waals surface area contributed by atoms with Gasteiger partial charge in [-0.25, -0.2) is 4.39 Å². The van der Waals surface area contributed by atoms with Gasteiger partial charge in [0.05, 0.1) is 12.3 Å². The lowest BCUT2D eigenvalue weighted by Crippen LogP contribution is -2.01. The van der Waals surface area contributed by atoms with E-state index < -0.39 is 0 Å². The van der Waals surface area contributed by atoms with Crippen molar-refractivity contribution in [2.75, 3.05) is 5.32 Å². The van der Waals surface area contributed by atoms with Crippen molar-refractivity contribution in [3.8, 4) is 0 Å². The van der Waals surface area contributed by atoms with Crippen LogP contribution in [0.2, 0.25) is 0 Å². The lowest BCUT2D eigenvalue weighted by atomic mass is 10.1. The van der Waals surface area contributed by atoms with Crippen molar-refractivity contribution in [2.45, 2.75) is 13.2 Å². The van der Waals surface area contributed by atoms with E-state index >= 15 is 0 Å². The fourth-order valence-electron chi connectivity index (χ4n) is 1.56. The van der Waals surface area contributed by atoms with Crippen molar-refractivity contribution in [2.24, 2.45) is 0 Å². The fraction of sp³-hybridized carbons (Fsp3) is 0.143. The van der Waals surface area contributed by atoms with Gasteiger partial charge in [0.15, 0.2) is 0 Å². The molecule has 0 spiro atoms. The van der Waals surface area contributed by atoms with Gasteiger partial charge in [0.25, 0.3) is 0 Å². The van der Waals surface area contributed by atoms with Crippen LogP contribution in [-0.2, 0) is 13.2 Å². The zero-order chi connectivity index (χ0) is 12.1. The Morgan fingerprint density at radius 2 is 1.59 bits per heavy atom. The van der Waals surface area contributed by atoms with E-state index in [0.717, 1.165) is 11.1 Å². The summed E-state index contributed by atoms with van der Waals surface area (Å²) < 4.78 is 13.3. The Kier molecular flexibility index (Phi) is 3.73. The molecule has 0 atom stereocenters. The van der Waals surface area contributed by atoms with Gasteiger partial charge in [0.2, 0.25) is 0 Å². The maximum Gasteiger partial charge on any atom is 0.146 e. The lowest BCUT2D eigenvalue weighted by molar-refractivity contribution is 0.282. The van der Waals surface area contributed by atoms with Crippen molar-refractivity contribution in [1.82, 2.24) is 0 Å². The molecule has 3 heteroatoms. The quantitative estimate of drug-likeness (QED) is 0.848. The van der Waals surface area contributed by atoms with Crippen LogP contribution in [0.15, 0.2) is 48.5 Å². The number of aliphatic hydroxyl groups excluding tert-OH is 1. The third kappa shape index (κ3) is 3.04. The number of anilines is 1. The Hall–Kier alpha value is -1.87. The fourth-order valence-corrected chi connectivity index (χ4v) is 1.56. The predicted molar refractivity (Wildman–Crippen MR) is 66.1 cm³/mol. The van der Waals surface area contributed by atoms with E-state index in [4.69, 9.17) is 5.11 Å². The minimum atomic E-state index is -0.250. The van der Waals surface area contributed by atoms with Gasteiger partial charge in [-0.15, -0.1) is 0 Å². The molecule has 2 aromatic carbocycles. The monoisotopic (exact) mass is 231 g/mol. The van der Waals surface area contributed by atoms with Crippen LogP contribution in [0.25, 0.3) is 0 Å². The number of hydrogen-bond donors (Lipinski definition) is 2. The highest BCUT2D eigenvalue weighted by Gasteiger charge is 1.99. The summed E-state index contributed by atoms with van der Waals surface area (Å²) >= 11 is 0. The number of nitrogens with one attached hydrogen (secondary N) is 1. The van der Waals surface area contributed by atoms with Crippen molar-refractivity contribution < 1.29 is 9.50 Å². The van der Waals surface area contributed by atoms with E-state index in [1.54, 1.807) is 18.2 Å². The number of rotatable bonds is 4. The molecule has 0 aliphatic heterocycles. The van der Waals surface area contributed by atoms with E-state index in [0.29, 0.717) is 12.2 Å². The normalized spacial score (nSPS) is 10.2. The maximum atomic E-state index is 13.3. The Morgan fingerprint density at radius 3 is 2.24 bits per heavy atom. The molecule has 0 fully saturated rings. The van der Waals surface area contributed by atoms with Gasteiger partial charge in [-0.05, 0) is 23.3 Å². The first-order chi connectivity index (χ1) is 8.29. The first-order valence-electron chi connectivity index (χ1n) is 5.46. The van der Waals surface area contributed by atoms with Gasteiger partial charge in [0.1, 0.15) is 5.82 Å². The average Bonchev–Trinajstić information content (AvgIpc) is 2.38. The lowest BCUT2D eigenvalue weighted by Gasteiger charge is -2.07. The van der Waals surface area contributed by atoms with Crippen molar-refractivity contribution >= 4 is 5.69 Å². The van der Waals surface area contributed by atoms with Crippen LogP contribution >= 0.6 is 0 Å². The Bertz CT molecular complexity index is 482. The minimum absolute atomic E-state index is 0.0427. The first kappa shape index (κ1) is 11.6. The van der Waals surface area contributed by atoms with Gasteiger partial charge in [-0.3, -0.25) is 0 Å². The molecule has 17 heavy (non-hydrogen) atoms. The second-order valence-electron chi connectivity index (χ2n) is 3.81. The summed E-state index contributed by atoms with van der Waals surface area (Å²) in [5.74, 6) is -0.250. The van der Waals surface area contributed by atoms with Crippen LogP contribution in [-0.4, -0.2) is 5.11 Å². The summed E-state index contributed by atoms with van der Waals surface area (Å²) in [5.41, 5.74) is 2.42. The van der Waals surface area contributed by atoms with Crippen molar-refractivity contribution in [1.29, 1.82) is 0 Å². The molecule has 0 aliphatic rings. The molecule has 0 heterocycles. The number of aliphatic hydroxyl groups is 1. The van der Waals surface area contributed by atoms with Crippen LogP contribution in [0.1, 0.15) is 11.1 Å². The van der Waals surface area contributed by atoms with Crippen molar-refractivity contribution in [3.63, 3.8) is 0 Å². The SMILES string of the molecule is OCc1ccc(CNc2ccccc2F)cc1. The molecular formula is C14H14FNO. The highest BCUT2D eigenvalue weighted by molar-refractivity contribution is 5.44. The highest BCUT2D eigenvalue weighted by atomic mass is 19.1. The summed E-state index contributed by atoms with van der Waals surface area (Å²) in [5, 5.41) is 11.9. The van der Waals surface area contributed by atoms with Gasteiger partial charge in [0, 0.05) is 6.54 Å². The summed E-state index contributed by atoms with van der Waals surface area (Å²) in [7, 11) is 0. The summed E-state index contributed by atoms with van der Waals surface area (Å²) in [6.45, 7) is 0.605. The molecule has 0 saturated carbocycles.